The third kappa shape index (κ3) is 4.44. The highest BCUT2D eigenvalue weighted by Crippen LogP contribution is 2.35. The molecule has 132 valence electrons. The molecule has 1 aromatic carbocycles. The molecule has 2 heterocycles. The molecular formula is C20H25N3O2. The highest BCUT2D eigenvalue weighted by molar-refractivity contribution is 5.83. The van der Waals surface area contributed by atoms with Gasteiger partial charge in [0, 0.05) is 38.6 Å². The second-order valence-corrected chi connectivity index (χ2v) is 6.74. The maximum Gasteiger partial charge on any atom is 0.227 e. The van der Waals surface area contributed by atoms with Gasteiger partial charge in [0.05, 0.1) is 5.41 Å². The Morgan fingerprint density at radius 1 is 1.20 bits per heavy atom. The van der Waals surface area contributed by atoms with E-state index in [0.29, 0.717) is 19.5 Å². The summed E-state index contributed by atoms with van der Waals surface area (Å²) in [5.74, 6) is 0.0287. The molecule has 1 unspecified atom stereocenters. The quantitative estimate of drug-likeness (QED) is 0.809. The summed E-state index contributed by atoms with van der Waals surface area (Å²) in [6, 6.07) is 14.1. The Kier molecular flexibility index (Phi) is 5.79. The van der Waals surface area contributed by atoms with Crippen molar-refractivity contribution in [1.29, 1.82) is 0 Å². The van der Waals surface area contributed by atoms with Crippen LogP contribution in [0.15, 0.2) is 54.9 Å². The van der Waals surface area contributed by atoms with Gasteiger partial charge in [0.2, 0.25) is 5.91 Å². The van der Waals surface area contributed by atoms with Crippen LogP contribution in [0.1, 0.15) is 24.0 Å². The van der Waals surface area contributed by atoms with Crippen molar-refractivity contribution < 1.29 is 9.90 Å². The van der Waals surface area contributed by atoms with Crippen LogP contribution in [0.4, 0.5) is 0 Å². The number of nitrogens with one attached hydrogen (secondary N) is 1. The fourth-order valence-corrected chi connectivity index (χ4v) is 3.52. The summed E-state index contributed by atoms with van der Waals surface area (Å²) in [7, 11) is 0. The summed E-state index contributed by atoms with van der Waals surface area (Å²) < 4.78 is 0. The van der Waals surface area contributed by atoms with Gasteiger partial charge in [-0.05, 0) is 36.6 Å². The van der Waals surface area contributed by atoms with Gasteiger partial charge in [-0.3, -0.25) is 14.7 Å². The van der Waals surface area contributed by atoms with E-state index >= 15 is 0 Å². The van der Waals surface area contributed by atoms with Gasteiger partial charge >= 0.3 is 0 Å². The van der Waals surface area contributed by atoms with E-state index in [4.69, 9.17) is 0 Å². The molecule has 5 heteroatoms. The molecule has 2 aromatic rings. The second-order valence-electron chi connectivity index (χ2n) is 6.74. The van der Waals surface area contributed by atoms with Crippen LogP contribution in [0.25, 0.3) is 0 Å². The number of aromatic nitrogens is 1. The van der Waals surface area contributed by atoms with Crippen LogP contribution in [0, 0.1) is 5.41 Å². The molecule has 0 spiro atoms. The van der Waals surface area contributed by atoms with Gasteiger partial charge in [0.15, 0.2) is 0 Å². The number of benzene rings is 1. The van der Waals surface area contributed by atoms with E-state index in [1.165, 1.54) is 5.56 Å². The summed E-state index contributed by atoms with van der Waals surface area (Å²) in [5.41, 5.74) is 1.72. The fraction of sp³-hybridized carbons (Fsp3) is 0.400. The van der Waals surface area contributed by atoms with Gasteiger partial charge in [-0.25, -0.2) is 0 Å². The van der Waals surface area contributed by atoms with Crippen LogP contribution < -0.4 is 5.32 Å². The molecule has 0 bridgehead atoms. The number of nitrogens with zero attached hydrogens (tertiary/aromatic N) is 2. The lowest BCUT2D eigenvalue weighted by atomic mass is 9.82. The van der Waals surface area contributed by atoms with E-state index in [9.17, 15) is 9.90 Å². The predicted octanol–water partition coefficient (Wildman–Crippen LogP) is 1.97. The van der Waals surface area contributed by atoms with E-state index < -0.39 is 5.41 Å². The third-order valence-corrected chi connectivity index (χ3v) is 4.93. The zero-order valence-corrected chi connectivity index (χ0v) is 14.4. The molecule has 1 fully saturated rings. The highest BCUT2D eigenvalue weighted by Gasteiger charge is 2.43. The topological polar surface area (TPSA) is 65.5 Å². The van der Waals surface area contributed by atoms with E-state index in [1.54, 1.807) is 12.4 Å². The molecular weight excluding hydrogens is 314 g/mol. The first-order valence-electron chi connectivity index (χ1n) is 8.76. The predicted molar refractivity (Wildman–Crippen MR) is 96.6 cm³/mol. The lowest BCUT2D eigenvalue weighted by molar-refractivity contribution is -0.131. The van der Waals surface area contributed by atoms with E-state index in [-0.39, 0.29) is 12.5 Å². The molecule has 1 aliphatic heterocycles. The van der Waals surface area contributed by atoms with Gasteiger partial charge in [-0.15, -0.1) is 0 Å². The number of hydrogen-bond donors (Lipinski definition) is 2. The number of aliphatic hydroxyl groups is 1. The second kappa shape index (κ2) is 8.23. The van der Waals surface area contributed by atoms with E-state index in [2.05, 4.69) is 27.3 Å². The molecule has 1 amide bonds. The van der Waals surface area contributed by atoms with Crippen molar-refractivity contribution in [3.8, 4) is 0 Å². The van der Waals surface area contributed by atoms with E-state index in [1.807, 2.05) is 30.3 Å². The van der Waals surface area contributed by atoms with Crippen LogP contribution in [-0.2, 0) is 17.9 Å². The SMILES string of the molecule is O=C(NCc1cccnc1)C1(CCO)CCN(Cc2ccccc2)C1. The minimum atomic E-state index is -0.508. The lowest BCUT2D eigenvalue weighted by Gasteiger charge is -2.27. The van der Waals surface area contributed by atoms with Crippen LogP contribution in [0.2, 0.25) is 0 Å². The molecule has 25 heavy (non-hydrogen) atoms. The van der Waals surface area contributed by atoms with Crippen molar-refractivity contribution >= 4 is 5.91 Å². The molecule has 1 aliphatic rings. The molecule has 1 aromatic heterocycles. The van der Waals surface area contributed by atoms with Gasteiger partial charge in [0.25, 0.3) is 0 Å². The number of likely N-dealkylation sites (tertiary alicyclic amines) is 1. The lowest BCUT2D eigenvalue weighted by Crippen LogP contribution is -2.43. The van der Waals surface area contributed by atoms with Crippen molar-refractivity contribution in [3.63, 3.8) is 0 Å². The average molecular weight is 339 g/mol. The third-order valence-electron chi connectivity index (χ3n) is 4.93. The molecule has 0 radical (unpaired) electrons. The molecule has 0 saturated carbocycles. The van der Waals surface area contributed by atoms with Crippen LogP contribution >= 0.6 is 0 Å². The molecule has 5 nitrogen and oxygen atoms in total. The van der Waals surface area contributed by atoms with Gasteiger partial charge in [-0.1, -0.05) is 36.4 Å². The Balaban J connectivity index is 1.62. The summed E-state index contributed by atoms with van der Waals surface area (Å²) in [5, 5.41) is 12.5. The normalized spacial score (nSPS) is 20.5. The number of amides is 1. The largest absolute Gasteiger partial charge is 0.396 e. The molecule has 0 aliphatic carbocycles. The first kappa shape index (κ1) is 17.6. The zero-order valence-electron chi connectivity index (χ0n) is 14.4. The number of carbonyl (C=O) groups excluding carboxylic acids is 1. The molecule has 2 N–H and O–H groups in total. The number of carbonyl (C=O) groups is 1. The van der Waals surface area contributed by atoms with Crippen molar-refractivity contribution in [1.82, 2.24) is 15.2 Å². The Labute approximate surface area is 148 Å². The fourth-order valence-electron chi connectivity index (χ4n) is 3.52. The Hall–Kier alpha value is -2.24. The number of hydrogen-bond acceptors (Lipinski definition) is 4. The van der Waals surface area contributed by atoms with Gasteiger partial charge in [0.1, 0.15) is 0 Å². The Morgan fingerprint density at radius 2 is 2.00 bits per heavy atom. The molecule has 3 rings (SSSR count). The summed E-state index contributed by atoms with van der Waals surface area (Å²) in [6.07, 6.45) is 4.75. The minimum absolute atomic E-state index is 0.0273. The van der Waals surface area contributed by atoms with Crippen LogP contribution in [0.5, 0.6) is 0 Å². The maximum atomic E-state index is 12.9. The van der Waals surface area contributed by atoms with Crippen LogP contribution in [-0.4, -0.2) is 40.6 Å². The maximum absolute atomic E-state index is 12.9. The van der Waals surface area contributed by atoms with Crippen molar-refractivity contribution in [3.05, 3.63) is 66.0 Å². The van der Waals surface area contributed by atoms with Crippen molar-refractivity contribution in [2.24, 2.45) is 5.41 Å². The average Bonchev–Trinajstić information content (AvgIpc) is 3.05. The summed E-state index contributed by atoms with van der Waals surface area (Å²) in [4.78, 5) is 19.2. The smallest absolute Gasteiger partial charge is 0.227 e. The van der Waals surface area contributed by atoms with Crippen LogP contribution in [0.3, 0.4) is 0 Å². The van der Waals surface area contributed by atoms with Crippen molar-refractivity contribution in [2.45, 2.75) is 25.9 Å². The first-order valence-corrected chi connectivity index (χ1v) is 8.76. The Morgan fingerprint density at radius 3 is 2.72 bits per heavy atom. The zero-order chi connectivity index (χ0) is 17.5. The van der Waals surface area contributed by atoms with Gasteiger partial charge < -0.3 is 10.4 Å². The van der Waals surface area contributed by atoms with Gasteiger partial charge in [-0.2, -0.15) is 0 Å². The first-order chi connectivity index (χ1) is 12.2. The number of pyridine rings is 1. The highest BCUT2D eigenvalue weighted by atomic mass is 16.3. The summed E-state index contributed by atoms with van der Waals surface area (Å²) in [6.45, 7) is 2.89. The molecule has 1 saturated heterocycles. The summed E-state index contributed by atoms with van der Waals surface area (Å²) >= 11 is 0. The number of aliphatic hydroxyl groups excluding tert-OH is 1. The van der Waals surface area contributed by atoms with E-state index in [0.717, 1.165) is 25.1 Å². The standard InChI is InChI=1S/C20H25N3O2/c24-12-9-20(19(25)22-14-18-7-4-10-21-13-18)8-11-23(16-20)15-17-5-2-1-3-6-17/h1-7,10,13,24H,8-9,11-12,14-16H2,(H,22,25). The monoisotopic (exact) mass is 339 g/mol. The molecule has 1 atom stereocenters. The Bertz CT molecular complexity index is 678. The number of rotatable bonds is 7. The minimum Gasteiger partial charge on any atom is -0.396 e. The van der Waals surface area contributed by atoms with Crippen molar-refractivity contribution in [2.75, 3.05) is 19.7 Å².